The first-order valence-corrected chi connectivity index (χ1v) is 3.00. The summed E-state index contributed by atoms with van der Waals surface area (Å²) in [6.07, 6.45) is 2.45. The van der Waals surface area contributed by atoms with Gasteiger partial charge in [0, 0.05) is 12.1 Å². The van der Waals surface area contributed by atoms with Crippen LogP contribution in [-0.4, -0.2) is 17.6 Å². The molecule has 0 heterocycles. The molecule has 0 spiro atoms. The van der Waals surface area contributed by atoms with Gasteiger partial charge in [0.2, 0.25) is 0 Å². The van der Waals surface area contributed by atoms with Crippen LogP contribution >= 0.6 is 0 Å². The van der Waals surface area contributed by atoms with Crippen molar-refractivity contribution in [2.24, 2.45) is 11.5 Å². The molecule has 11 heavy (non-hydrogen) atoms. The van der Waals surface area contributed by atoms with Crippen molar-refractivity contribution >= 4 is 5.97 Å². The number of carbonyl (C=O) groups is 1. The van der Waals surface area contributed by atoms with Gasteiger partial charge < -0.3 is 16.6 Å². The molecule has 0 rings (SSSR count). The third-order valence-corrected chi connectivity index (χ3v) is 0.581. The van der Waals surface area contributed by atoms with Gasteiger partial charge in [0.25, 0.3) is 0 Å². The lowest BCUT2D eigenvalue weighted by Gasteiger charge is -1.84. The summed E-state index contributed by atoms with van der Waals surface area (Å²) >= 11 is 0. The Morgan fingerprint density at radius 3 is 2.00 bits per heavy atom. The fourth-order valence-corrected chi connectivity index (χ4v) is 0.185. The molecule has 4 nitrogen and oxygen atoms in total. The molecule has 0 aromatic rings. The maximum absolute atomic E-state index is 9.24. The van der Waals surface area contributed by atoms with E-state index >= 15 is 0 Å². The number of hydrogen-bond donors (Lipinski definition) is 3. The molecule has 0 saturated heterocycles. The van der Waals surface area contributed by atoms with Gasteiger partial charge in [-0.2, -0.15) is 0 Å². The van der Waals surface area contributed by atoms with E-state index in [9.17, 15) is 4.79 Å². The van der Waals surface area contributed by atoms with Crippen LogP contribution in [0.25, 0.3) is 0 Å². The maximum Gasteiger partial charge on any atom is 0.317 e. The van der Waals surface area contributed by atoms with E-state index in [0.717, 1.165) is 6.42 Å². The number of aliphatic carboxylic acids is 1. The Bertz CT molecular complexity index is 143. The van der Waals surface area contributed by atoms with Crippen LogP contribution in [0.3, 0.4) is 0 Å². The van der Waals surface area contributed by atoms with Gasteiger partial charge in [0.15, 0.2) is 0 Å². The fourth-order valence-electron chi connectivity index (χ4n) is 0.185. The second-order valence-electron chi connectivity index (χ2n) is 1.75. The standard InChI is InChI=1S/C5H9N.C2H5NO2/c1-3-4-5(2)6;3-1-2(4)5/h3H,1-2,4,6H2;1,3H2,(H,4,5). The molecule has 0 aromatic heterocycles. The van der Waals surface area contributed by atoms with E-state index in [2.05, 4.69) is 18.9 Å². The zero-order chi connectivity index (χ0) is 9.28. The number of hydrogen-bond acceptors (Lipinski definition) is 3. The second-order valence-corrected chi connectivity index (χ2v) is 1.75. The molecular formula is C7H14N2O2. The van der Waals surface area contributed by atoms with Crippen molar-refractivity contribution in [1.29, 1.82) is 0 Å². The molecule has 5 N–H and O–H groups in total. The van der Waals surface area contributed by atoms with Crippen LogP contribution < -0.4 is 11.5 Å². The van der Waals surface area contributed by atoms with E-state index in [-0.39, 0.29) is 6.54 Å². The van der Waals surface area contributed by atoms with Crippen molar-refractivity contribution in [3.05, 3.63) is 24.9 Å². The van der Waals surface area contributed by atoms with Crippen molar-refractivity contribution < 1.29 is 9.90 Å². The average molecular weight is 158 g/mol. The normalized spacial score (nSPS) is 7.36. The van der Waals surface area contributed by atoms with Gasteiger partial charge in [-0.1, -0.05) is 12.7 Å². The maximum atomic E-state index is 9.24. The van der Waals surface area contributed by atoms with Crippen molar-refractivity contribution in [3.63, 3.8) is 0 Å². The molecule has 0 aliphatic rings. The van der Waals surface area contributed by atoms with E-state index in [4.69, 9.17) is 10.8 Å². The average Bonchev–Trinajstić information content (AvgIpc) is 1.89. The Labute approximate surface area is 66.2 Å². The van der Waals surface area contributed by atoms with Crippen molar-refractivity contribution in [2.45, 2.75) is 6.42 Å². The predicted molar refractivity (Wildman–Crippen MR) is 44.8 cm³/mol. The summed E-state index contributed by atoms with van der Waals surface area (Å²) in [5, 5.41) is 7.60. The molecule has 0 amide bonds. The third kappa shape index (κ3) is 28.5. The van der Waals surface area contributed by atoms with Crippen molar-refractivity contribution in [2.75, 3.05) is 6.54 Å². The molecule has 0 radical (unpaired) electrons. The van der Waals surface area contributed by atoms with E-state index in [1.807, 2.05) is 0 Å². The van der Waals surface area contributed by atoms with Crippen LogP contribution in [0.15, 0.2) is 24.9 Å². The van der Waals surface area contributed by atoms with E-state index in [1.54, 1.807) is 6.08 Å². The van der Waals surface area contributed by atoms with Gasteiger partial charge in [-0.3, -0.25) is 4.79 Å². The summed E-state index contributed by atoms with van der Waals surface area (Å²) in [6, 6.07) is 0. The molecule has 0 aromatic carbocycles. The Morgan fingerprint density at radius 1 is 1.64 bits per heavy atom. The SMILES string of the molecule is C=CCC(=C)N.NCC(=O)O. The quantitative estimate of drug-likeness (QED) is 0.507. The molecule has 0 unspecified atom stereocenters. The van der Waals surface area contributed by atoms with E-state index in [1.165, 1.54) is 0 Å². The number of nitrogens with two attached hydrogens (primary N) is 2. The highest BCUT2D eigenvalue weighted by Crippen LogP contribution is 1.84. The first kappa shape index (κ1) is 12.4. The summed E-state index contributed by atoms with van der Waals surface area (Å²) in [5.41, 5.74) is 10.4. The van der Waals surface area contributed by atoms with Gasteiger partial charge in [-0.15, -0.1) is 6.58 Å². The Morgan fingerprint density at radius 2 is 2.00 bits per heavy atom. The Hall–Kier alpha value is -1.29. The lowest BCUT2D eigenvalue weighted by molar-refractivity contribution is -0.135. The lowest BCUT2D eigenvalue weighted by atomic mass is 10.4. The van der Waals surface area contributed by atoms with Crippen LogP contribution in [0.4, 0.5) is 0 Å². The minimum atomic E-state index is -0.968. The Balaban J connectivity index is 0. The lowest BCUT2D eigenvalue weighted by Crippen LogP contribution is -2.10. The van der Waals surface area contributed by atoms with E-state index < -0.39 is 5.97 Å². The van der Waals surface area contributed by atoms with Crippen LogP contribution in [0.2, 0.25) is 0 Å². The third-order valence-electron chi connectivity index (χ3n) is 0.581. The van der Waals surface area contributed by atoms with Gasteiger partial charge in [0.1, 0.15) is 0 Å². The van der Waals surface area contributed by atoms with Gasteiger partial charge in [-0.25, -0.2) is 0 Å². The highest BCUT2D eigenvalue weighted by Gasteiger charge is 1.81. The number of carboxylic acid groups (broad SMARTS) is 1. The highest BCUT2D eigenvalue weighted by molar-refractivity contribution is 5.68. The summed E-state index contributed by atoms with van der Waals surface area (Å²) in [7, 11) is 0. The summed E-state index contributed by atoms with van der Waals surface area (Å²) in [5.74, 6) is -0.968. The molecule has 0 aliphatic carbocycles. The molecule has 0 saturated carbocycles. The fraction of sp³-hybridized carbons (Fsp3) is 0.286. The zero-order valence-electron chi connectivity index (χ0n) is 6.42. The molecule has 0 bridgehead atoms. The second kappa shape index (κ2) is 8.71. The largest absolute Gasteiger partial charge is 0.480 e. The first-order valence-electron chi connectivity index (χ1n) is 3.00. The summed E-state index contributed by atoms with van der Waals surface area (Å²) < 4.78 is 0. The highest BCUT2D eigenvalue weighted by atomic mass is 16.4. The van der Waals surface area contributed by atoms with E-state index in [0.29, 0.717) is 5.70 Å². The van der Waals surface area contributed by atoms with Crippen molar-refractivity contribution in [1.82, 2.24) is 0 Å². The van der Waals surface area contributed by atoms with Gasteiger partial charge >= 0.3 is 5.97 Å². The number of allylic oxidation sites excluding steroid dienone is 1. The minimum Gasteiger partial charge on any atom is -0.480 e. The van der Waals surface area contributed by atoms with Crippen LogP contribution in [-0.2, 0) is 4.79 Å². The van der Waals surface area contributed by atoms with Crippen LogP contribution in [0, 0.1) is 0 Å². The smallest absolute Gasteiger partial charge is 0.317 e. The number of rotatable bonds is 3. The molecular weight excluding hydrogens is 144 g/mol. The van der Waals surface area contributed by atoms with Crippen molar-refractivity contribution in [3.8, 4) is 0 Å². The van der Waals surface area contributed by atoms with Gasteiger partial charge in [0.05, 0.1) is 6.54 Å². The molecule has 4 heteroatoms. The van der Waals surface area contributed by atoms with Crippen LogP contribution in [0.1, 0.15) is 6.42 Å². The summed E-state index contributed by atoms with van der Waals surface area (Å²) in [4.78, 5) is 9.24. The molecule has 64 valence electrons. The Kier molecular flexibility index (Phi) is 9.81. The molecule has 0 aliphatic heterocycles. The molecule has 0 fully saturated rings. The zero-order valence-corrected chi connectivity index (χ0v) is 6.42. The first-order chi connectivity index (χ1) is 5.04. The topological polar surface area (TPSA) is 89.3 Å². The molecule has 0 atom stereocenters. The van der Waals surface area contributed by atoms with Crippen LogP contribution in [0.5, 0.6) is 0 Å². The minimum absolute atomic E-state index is 0.278. The number of carboxylic acids is 1. The van der Waals surface area contributed by atoms with Gasteiger partial charge in [-0.05, 0) is 0 Å². The monoisotopic (exact) mass is 158 g/mol. The predicted octanol–water partition coefficient (Wildman–Crippen LogP) is 0.0646. The summed E-state index contributed by atoms with van der Waals surface area (Å²) in [6.45, 7) is 6.63.